The molecule has 52 heavy (non-hydrogen) atoms. The molecule has 15 heteroatoms. The molecule has 2 heterocycles. The summed E-state index contributed by atoms with van der Waals surface area (Å²) < 4.78 is 67.7. The normalized spacial score (nSPS) is 30.4. The number of unbranched alkanes of at least 4 members (excludes halogenated alkanes) is 4. The minimum atomic E-state index is -1.67. The molecule has 2 aliphatic heterocycles. The van der Waals surface area contributed by atoms with Crippen LogP contribution in [0.5, 0.6) is 0 Å². The molecule has 0 spiro atoms. The fourth-order valence-corrected chi connectivity index (χ4v) is 6.01. The van der Waals surface area contributed by atoms with Crippen LogP contribution < -0.4 is 0 Å². The van der Waals surface area contributed by atoms with Crippen molar-refractivity contribution in [2.45, 2.75) is 175 Å². The molecule has 0 aliphatic carbocycles. The zero-order valence-corrected chi connectivity index (χ0v) is 32.7. The van der Waals surface area contributed by atoms with Gasteiger partial charge in [0.25, 0.3) is 0 Å². The molecule has 10 atom stereocenters. The van der Waals surface area contributed by atoms with E-state index in [1.807, 2.05) is 6.92 Å². The lowest BCUT2D eigenvalue weighted by molar-refractivity contribution is -0.424. The third kappa shape index (κ3) is 14.8. The van der Waals surface area contributed by atoms with Gasteiger partial charge in [0.1, 0.15) is 37.1 Å². The molecular formula is C37H64O15. The maximum atomic E-state index is 12.6. The maximum Gasteiger partial charge on any atom is 0.303 e. The summed E-state index contributed by atoms with van der Waals surface area (Å²) in [4.78, 5) is 49.2. The SMILES string of the molecule is CCCCOCC1O[C@](C)(O[C@H]2OC(COC(C)=O)[C@@H](OC(C)=O)C(OC(C)=O)C2OC(C)=O)C(OCCCC)C(OCCCC)[C@@H]1OCCCC. The van der Waals surface area contributed by atoms with Gasteiger partial charge in [0.2, 0.25) is 6.29 Å². The van der Waals surface area contributed by atoms with Gasteiger partial charge < -0.3 is 52.1 Å². The molecule has 6 unspecified atom stereocenters. The van der Waals surface area contributed by atoms with E-state index >= 15 is 0 Å². The van der Waals surface area contributed by atoms with Gasteiger partial charge in [0.15, 0.2) is 24.1 Å². The topological polar surface area (TPSA) is 170 Å². The van der Waals surface area contributed by atoms with Crippen molar-refractivity contribution in [3.05, 3.63) is 0 Å². The highest BCUT2D eigenvalue weighted by Crippen LogP contribution is 2.40. The summed E-state index contributed by atoms with van der Waals surface area (Å²) in [7, 11) is 0. The Morgan fingerprint density at radius 3 is 1.60 bits per heavy atom. The van der Waals surface area contributed by atoms with Gasteiger partial charge in [-0.1, -0.05) is 53.4 Å². The van der Waals surface area contributed by atoms with E-state index in [1.165, 1.54) is 13.8 Å². The van der Waals surface area contributed by atoms with Gasteiger partial charge in [-0.2, -0.15) is 0 Å². The predicted octanol–water partition coefficient (Wildman–Crippen LogP) is 4.57. The van der Waals surface area contributed by atoms with Crippen LogP contribution in [0.25, 0.3) is 0 Å². The minimum Gasteiger partial charge on any atom is -0.463 e. The average Bonchev–Trinajstić information content (AvgIpc) is 3.06. The van der Waals surface area contributed by atoms with E-state index < -0.39 is 91.4 Å². The summed E-state index contributed by atoms with van der Waals surface area (Å²) in [5, 5.41) is 0. The number of carbonyl (C=O) groups excluding carboxylic acids is 4. The van der Waals surface area contributed by atoms with Crippen molar-refractivity contribution in [2.75, 3.05) is 39.6 Å². The molecule has 2 fully saturated rings. The van der Waals surface area contributed by atoms with E-state index in [4.69, 9.17) is 52.1 Å². The first-order valence-corrected chi connectivity index (χ1v) is 18.9. The standard InChI is InChI=1S/C37H64O15/c1-10-14-18-42-22-29-30(43-19-15-11-2)33(44-20-16-12-3)35(45-21-17-13-4)37(9,51-29)52-36-34(49-27(8)41)32(48-26(7)40)31(47-25(6)39)28(50-36)23-46-24(5)38/h28-36H,10-23H2,1-9H3/t28?,29?,30-,31-,32?,33?,34?,35?,36-,37-/m1/s1. The van der Waals surface area contributed by atoms with Crippen molar-refractivity contribution in [1.29, 1.82) is 0 Å². The number of carbonyl (C=O) groups is 4. The molecule has 0 saturated carbocycles. The molecule has 2 saturated heterocycles. The van der Waals surface area contributed by atoms with Crippen molar-refractivity contribution >= 4 is 23.9 Å². The Morgan fingerprint density at radius 2 is 1.06 bits per heavy atom. The van der Waals surface area contributed by atoms with Crippen LogP contribution in [-0.4, -0.2) is 124 Å². The molecule has 2 aliphatic rings. The van der Waals surface area contributed by atoms with Crippen molar-refractivity contribution in [2.24, 2.45) is 0 Å². The van der Waals surface area contributed by atoms with Gasteiger partial charge in [-0.15, -0.1) is 0 Å². The molecule has 0 bridgehead atoms. The molecule has 0 N–H and O–H groups in total. The third-order valence-electron chi connectivity index (χ3n) is 8.53. The van der Waals surface area contributed by atoms with E-state index in [9.17, 15) is 19.2 Å². The summed E-state index contributed by atoms with van der Waals surface area (Å²) in [6.07, 6.45) is -3.02. The zero-order chi connectivity index (χ0) is 38.7. The van der Waals surface area contributed by atoms with Crippen LogP contribution in [0.15, 0.2) is 0 Å². The fourth-order valence-electron chi connectivity index (χ4n) is 6.01. The highest BCUT2D eigenvalue weighted by Gasteiger charge is 2.60. The lowest BCUT2D eigenvalue weighted by Gasteiger charge is -2.53. The Bertz CT molecular complexity index is 1070. The number of ether oxygens (including phenoxy) is 11. The van der Waals surface area contributed by atoms with Gasteiger partial charge in [0.05, 0.1) is 6.61 Å². The first-order chi connectivity index (χ1) is 24.8. The molecule has 302 valence electrons. The van der Waals surface area contributed by atoms with Gasteiger partial charge in [0, 0.05) is 54.1 Å². The van der Waals surface area contributed by atoms with E-state index in [-0.39, 0.29) is 6.61 Å². The number of hydrogen-bond donors (Lipinski definition) is 0. The van der Waals surface area contributed by atoms with E-state index in [1.54, 1.807) is 6.92 Å². The van der Waals surface area contributed by atoms with E-state index in [0.29, 0.717) is 26.4 Å². The smallest absolute Gasteiger partial charge is 0.303 e. The van der Waals surface area contributed by atoms with Crippen molar-refractivity contribution in [3.63, 3.8) is 0 Å². The maximum absolute atomic E-state index is 12.6. The van der Waals surface area contributed by atoms with Crippen molar-refractivity contribution in [3.8, 4) is 0 Å². The Balaban J connectivity index is 2.71. The van der Waals surface area contributed by atoms with Crippen LogP contribution in [0.3, 0.4) is 0 Å². The number of esters is 4. The first-order valence-electron chi connectivity index (χ1n) is 18.9. The van der Waals surface area contributed by atoms with Crippen molar-refractivity contribution in [1.82, 2.24) is 0 Å². The summed E-state index contributed by atoms with van der Waals surface area (Å²) in [5.41, 5.74) is 0. The van der Waals surface area contributed by atoms with Gasteiger partial charge in [-0.25, -0.2) is 0 Å². The van der Waals surface area contributed by atoms with Crippen LogP contribution in [0.4, 0.5) is 0 Å². The Kier molecular flexibility index (Phi) is 21.2. The van der Waals surface area contributed by atoms with Gasteiger partial charge >= 0.3 is 23.9 Å². The van der Waals surface area contributed by atoms with E-state index in [2.05, 4.69) is 20.8 Å². The zero-order valence-electron chi connectivity index (χ0n) is 32.7. The second-order valence-electron chi connectivity index (χ2n) is 13.3. The van der Waals surface area contributed by atoms with Crippen LogP contribution in [0, 0.1) is 0 Å². The van der Waals surface area contributed by atoms with Gasteiger partial charge in [-0.05, 0) is 32.6 Å². The molecule has 0 aromatic carbocycles. The number of hydrogen-bond acceptors (Lipinski definition) is 15. The second-order valence-corrected chi connectivity index (χ2v) is 13.3. The molecule has 0 aromatic rings. The molecule has 15 nitrogen and oxygen atoms in total. The lowest BCUT2D eigenvalue weighted by Crippen LogP contribution is -2.70. The molecular weight excluding hydrogens is 684 g/mol. The molecule has 0 radical (unpaired) electrons. The largest absolute Gasteiger partial charge is 0.463 e. The van der Waals surface area contributed by atoms with Gasteiger partial charge in [-0.3, -0.25) is 19.2 Å². The molecule has 0 aromatic heterocycles. The summed E-state index contributed by atoms with van der Waals surface area (Å²) in [6, 6.07) is 0. The highest BCUT2D eigenvalue weighted by molar-refractivity contribution is 5.68. The minimum absolute atomic E-state index is 0.156. The third-order valence-corrected chi connectivity index (χ3v) is 8.53. The number of rotatable bonds is 24. The first kappa shape index (κ1) is 45.8. The molecule has 2 rings (SSSR count). The Morgan fingerprint density at radius 1 is 0.558 bits per heavy atom. The summed E-state index contributed by atoms with van der Waals surface area (Å²) in [6.45, 7) is 16.1. The quantitative estimate of drug-likeness (QED) is 0.0764. The predicted molar refractivity (Wildman–Crippen MR) is 186 cm³/mol. The van der Waals surface area contributed by atoms with E-state index in [0.717, 1.165) is 65.2 Å². The summed E-state index contributed by atoms with van der Waals surface area (Å²) in [5.74, 6) is -4.55. The van der Waals surface area contributed by atoms with Crippen LogP contribution in [0.1, 0.15) is 114 Å². The van der Waals surface area contributed by atoms with Crippen LogP contribution >= 0.6 is 0 Å². The van der Waals surface area contributed by atoms with Crippen molar-refractivity contribution < 1.29 is 71.3 Å². The lowest BCUT2D eigenvalue weighted by atomic mass is 9.91. The Hall–Kier alpha value is -2.40. The monoisotopic (exact) mass is 748 g/mol. The highest BCUT2D eigenvalue weighted by atomic mass is 16.8. The average molecular weight is 749 g/mol. The molecule has 0 amide bonds. The second kappa shape index (κ2) is 24.1. The summed E-state index contributed by atoms with van der Waals surface area (Å²) >= 11 is 0. The van der Waals surface area contributed by atoms with Crippen LogP contribution in [-0.2, 0) is 71.3 Å². The fraction of sp³-hybridized carbons (Fsp3) is 0.892. The van der Waals surface area contributed by atoms with Crippen LogP contribution in [0.2, 0.25) is 0 Å². The Labute approximate surface area is 309 Å².